The zero-order chi connectivity index (χ0) is 14.9. The average Bonchev–Trinajstić information content (AvgIpc) is 2.64. The van der Waals surface area contributed by atoms with Crippen LogP contribution in [0.1, 0.15) is 33.6 Å². The van der Waals surface area contributed by atoms with Crippen LogP contribution in [0.25, 0.3) is 0 Å². The lowest BCUT2D eigenvalue weighted by atomic mass is 9.93. The van der Waals surface area contributed by atoms with Crippen molar-refractivity contribution < 1.29 is 32.2 Å². The van der Waals surface area contributed by atoms with Crippen molar-refractivity contribution in [2.24, 2.45) is 5.41 Å². The molecule has 0 N–H and O–H groups in total. The summed E-state index contributed by atoms with van der Waals surface area (Å²) in [6.45, 7) is 6.23. The second-order valence-corrected chi connectivity index (χ2v) is 5.94. The first-order chi connectivity index (χ1) is 8.53. The number of hydroxylamine groups is 3. The maximum Gasteiger partial charge on any atom is 0.497 e. The Balaban J connectivity index is 3.01. The van der Waals surface area contributed by atoms with Crippen LogP contribution in [0.4, 0.5) is 13.2 Å². The summed E-state index contributed by atoms with van der Waals surface area (Å²) in [4.78, 5) is 15.9. The van der Waals surface area contributed by atoms with Crippen LogP contribution in [-0.4, -0.2) is 43.2 Å². The van der Waals surface area contributed by atoms with Gasteiger partial charge >= 0.3 is 12.1 Å². The molecular formula is C12H21F3NO3+. The van der Waals surface area contributed by atoms with Crippen LogP contribution in [0.3, 0.4) is 0 Å². The van der Waals surface area contributed by atoms with Crippen molar-refractivity contribution in [2.75, 3.05) is 20.2 Å². The molecule has 0 aromatic rings. The largest absolute Gasteiger partial charge is 0.497 e. The van der Waals surface area contributed by atoms with Gasteiger partial charge in [-0.3, -0.25) is 4.84 Å². The van der Waals surface area contributed by atoms with Crippen LogP contribution in [-0.2, 0) is 14.4 Å². The third kappa shape index (κ3) is 3.60. The van der Waals surface area contributed by atoms with E-state index in [4.69, 9.17) is 9.57 Å². The van der Waals surface area contributed by atoms with Crippen molar-refractivity contribution in [3.05, 3.63) is 0 Å². The van der Waals surface area contributed by atoms with Crippen molar-refractivity contribution in [1.82, 2.24) is 0 Å². The molecule has 1 unspecified atom stereocenters. The molecular weight excluding hydrogens is 263 g/mol. The standard InChI is InChI=1S/C12H21F3NO3/c1-11(2,3)9(18-4)16(7-5-6-8-16)19-10(17)12(13,14)15/h9H,5-8H2,1-4H3/q+1. The number of quaternary nitrogens is 1. The molecule has 4 nitrogen and oxygen atoms in total. The Bertz CT molecular complexity index is 330. The molecule has 1 aliphatic heterocycles. The summed E-state index contributed by atoms with van der Waals surface area (Å²) in [5, 5.41) is 0. The molecule has 19 heavy (non-hydrogen) atoms. The highest BCUT2D eigenvalue weighted by Crippen LogP contribution is 2.36. The molecule has 0 bridgehead atoms. The van der Waals surface area contributed by atoms with Crippen molar-refractivity contribution in [3.8, 4) is 0 Å². The summed E-state index contributed by atoms with van der Waals surface area (Å²) in [5.74, 6) is -2.15. The van der Waals surface area contributed by atoms with E-state index in [0.717, 1.165) is 0 Å². The number of hydrogen-bond acceptors (Lipinski definition) is 3. The fourth-order valence-corrected chi connectivity index (χ4v) is 2.71. The highest BCUT2D eigenvalue weighted by atomic mass is 19.4. The Labute approximate surface area is 111 Å². The van der Waals surface area contributed by atoms with Gasteiger partial charge in [-0.1, -0.05) is 20.8 Å². The minimum Gasteiger partial charge on any atom is -0.329 e. The first kappa shape index (κ1) is 16.2. The second-order valence-electron chi connectivity index (χ2n) is 5.94. The van der Waals surface area contributed by atoms with Gasteiger partial charge in [0.25, 0.3) is 0 Å². The third-order valence-corrected chi connectivity index (χ3v) is 3.21. The Kier molecular flexibility index (Phi) is 4.51. The molecule has 0 radical (unpaired) electrons. The summed E-state index contributed by atoms with van der Waals surface area (Å²) in [6.07, 6.45) is -4.19. The molecule has 0 aromatic carbocycles. The molecule has 1 fully saturated rings. The molecule has 0 aromatic heterocycles. The molecule has 112 valence electrons. The van der Waals surface area contributed by atoms with Crippen LogP contribution >= 0.6 is 0 Å². The van der Waals surface area contributed by atoms with Crippen LogP contribution in [0, 0.1) is 5.41 Å². The highest BCUT2D eigenvalue weighted by molar-refractivity contribution is 5.74. The number of carbonyl (C=O) groups is 1. The molecule has 0 spiro atoms. The van der Waals surface area contributed by atoms with E-state index in [2.05, 4.69) is 0 Å². The topological polar surface area (TPSA) is 35.5 Å². The van der Waals surface area contributed by atoms with Gasteiger partial charge in [-0.05, 0) is 0 Å². The maximum absolute atomic E-state index is 12.4. The van der Waals surface area contributed by atoms with Gasteiger partial charge in [0.15, 0.2) is 0 Å². The van der Waals surface area contributed by atoms with Crippen molar-refractivity contribution in [3.63, 3.8) is 0 Å². The number of alkyl halides is 3. The average molecular weight is 284 g/mol. The fraction of sp³-hybridized carbons (Fsp3) is 0.917. The van der Waals surface area contributed by atoms with Gasteiger partial charge in [-0.2, -0.15) is 13.2 Å². The monoisotopic (exact) mass is 284 g/mol. The molecule has 1 atom stereocenters. The minimum absolute atomic E-state index is 0.345. The molecule has 1 aliphatic rings. The number of ether oxygens (including phenoxy) is 1. The lowest BCUT2D eigenvalue weighted by Crippen LogP contribution is -2.61. The van der Waals surface area contributed by atoms with E-state index in [1.54, 1.807) is 0 Å². The minimum atomic E-state index is -4.98. The van der Waals surface area contributed by atoms with Crippen LogP contribution in [0.15, 0.2) is 0 Å². The summed E-state index contributed by atoms with van der Waals surface area (Å²) < 4.78 is 42.2. The predicted molar refractivity (Wildman–Crippen MR) is 61.6 cm³/mol. The number of methoxy groups -OCH3 is 1. The third-order valence-electron chi connectivity index (χ3n) is 3.21. The maximum atomic E-state index is 12.4. The molecule has 7 heteroatoms. The van der Waals surface area contributed by atoms with Gasteiger partial charge in [-0.15, -0.1) is 4.65 Å². The van der Waals surface area contributed by atoms with E-state index < -0.39 is 28.4 Å². The van der Waals surface area contributed by atoms with Crippen LogP contribution < -0.4 is 0 Å². The predicted octanol–water partition coefficient (Wildman–Crippen LogP) is 2.64. The first-order valence-electron chi connectivity index (χ1n) is 6.23. The SMILES string of the molecule is COC(C(C)(C)C)[N+]1(OC(=O)C(F)(F)F)CCCC1. The van der Waals surface area contributed by atoms with E-state index >= 15 is 0 Å². The molecule has 0 amide bonds. The van der Waals surface area contributed by atoms with Gasteiger partial charge in [0.1, 0.15) is 13.1 Å². The van der Waals surface area contributed by atoms with Crippen molar-refractivity contribution in [1.29, 1.82) is 0 Å². The van der Waals surface area contributed by atoms with Gasteiger partial charge in [0, 0.05) is 25.4 Å². The summed E-state index contributed by atoms with van der Waals surface area (Å²) in [7, 11) is 1.43. The fourth-order valence-electron chi connectivity index (χ4n) is 2.71. The number of likely N-dealkylation sites (tertiary alicyclic amines) is 1. The molecule has 0 aliphatic carbocycles. The number of nitrogens with zero attached hydrogens (tertiary/aromatic N) is 1. The van der Waals surface area contributed by atoms with Gasteiger partial charge in [0.2, 0.25) is 6.23 Å². The normalized spacial score (nSPS) is 21.2. The highest BCUT2D eigenvalue weighted by Gasteiger charge is 2.55. The van der Waals surface area contributed by atoms with Crippen LogP contribution in [0.5, 0.6) is 0 Å². The zero-order valence-electron chi connectivity index (χ0n) is 11.7. The van der Waals surface area contributed by atoms with Gasteiger partial charge < -0.3 is 4.74 Å². The van der Waals surface area contributed by atoms with E-state index in [-0.39, 0.29) is 0 Å². The molecule has 1 saturated heterocycles. The first-order valence-corrected chi connectivity index (χ1v) is 6.23. The lowest BCUT2D eigenvalue weighted by molar-refractivity contribution is -1.12. The smallest absolute Gasteiger partial charge is 0.329 e. The van der Waals surface area contributed by atoms with E-state index in [9.17, 15) is 18.0 Å². The number of hydrogen-bond donors (Lipinski definition) is 0. The summed E-state index contributed by atoms with van der Waals surface area (Å²) >= 11 is 0. The molecule has 1 heterocycles. The Morgan fingerprint density at radius 3 is 1.95 bits per heavy atom. The van der Waals surface area contributed by atoms with Crippen molar-refractivity contribution in [2.45, 2.75) is 46.0 Å². The molecule has 0 saturated carbocycles. The quantitative estimate of drug-likeness (QED) is 0.747. The Morgan fingerprint density at radius 2 is 1.63 bits per heavy atom. The number of rotatable bonds is 3. The van der Waals surface area contributed by atoms with Crippen molar-refractivity contribution >= 4 is 5.97 Å². The summed E-state index contributed by atoms with van der Waals surface area (Å²) in [5.41, 5.74) is -0.440. The van der Waals surface area contributed by atoms with Gasteiger partial charge in [-0.25, -0.2) is 4.79 Å². The number of halogens is 3. The van der Waals surface area contributed by atoms with Gasteiger partial charge in [0.05, 0.1) is 0 Å². The Morgan fingerprint density at radius 1 is 1.16 bits per heavy atom. The van der Waals surface area contributed by atoms with E-state index in [1.807, 2.05) is 20.8 Å². The van der Waals surface area contributed by atoms with E-state index in [1.165, 1.54) is 7.11 Å². The number of carbonyl (C=O) groups excluding carboxylic acids is 1. The summed E-state index contributed by atoms with van der Waals surface area (Å²) in [6, 6.07) is 0. The lowest BCUT2D eigenvalue weighted by Gasteiger charge is -2.42. The van der Waals surface area contributed by atoms with Crippen LogP contribution in [0.2, 0.25) is 0 Å². The zero-order valence-corrected chi connectivity index (χ0v) is 11.7. The van der Waals surface area contributed by atoms with E-state index in [0.29, 0.717) is 25.9 Å². The second kappa shape index (κ2) is 5.28. The Hall–Kier alpha value is -0.820. The molecule has 1 rings (SSSR count).